The van der Waals surface area contributed by atoms with Crippen LogP contribution in [0.2, 0.25) is 0 Å². The van der Waals surface area contributed by atoms with Gasteiger partial charge in [-0.05, 0) is 38.5 Å². The number of anilines is 1. The fourth-order valence-corrected chi connectivity index (χ4v) is 4.31. The van der Waals surface area contributed by atoms with E-state index in [2.05, 4.69) is 44.4 Å². The van der Waals surface area contributed by atoms with Crippen LogP contribution >= 0.6 is 0 Å². The number of primary amides is 1. The van der Waals surface area contributed by atoms with Crippen molar-refractivity contribution in [2.24, 2.45) is 16.1 Å². The number of carbonyl (C=O) groups is 1. The van der Waals surface area contributed by atoms with Gasteiger partial charge in [-0.2, -0.15) is 4.39 Å². The molecule has 1 aromatic heterocycles. The Morgan fingerprint density at radius 3 is 2.77 bits per heavy atom. The average molecular weight is 542 g/mol. The van der Waals surface area contributed by atoms with E-state index in [0.29, 0.717) is 41.7 Å². The van der Waals surface area contributed by atoms with Crippen LogP contribution in [0.25, 0.3) is 10.9 Å². The highest BCUT2D eigenvalue weighted by Crippen LogP contribution is 2.35. The Morgan fingerprint density at radius 1 is 1.21 bits per heavy atom. The van der Waals surface area contributed by atoms with E-state index in [4.69, 9.17) is 10.5 Å². The van der Waals surface area contributed by atoms with Crippen LogP contribution in [0.3, 0.4) is 0 Å². The topological polar surface area (TPSA) is 138 Å². The van der Waals surface area contributed by atoms with Crippen LogP contribution in [0, 0.1) is 11.6 Å². The minimum atomic E-state index is -1.15. The van der Waals surface area contributed by atoms with Gasteiger partial charge >= 0.3 is 0 Å². The number of rotatable bonds is 13. The van der Waals surface area contributed by atoms with Crippen molar-refractivity contribution in [1.29, 1.82) is 0 Å². The molecule has 2 aromatic carbocycles. The van der Waals surface area contributed by atoms with Crippen molar-refractivity contribution in [1.82, 2.24) is 19.5 Å². The first-order valence-corrected chi connectivity index (χ1v) is 12.5. The van der Waals surface area contributed by atoms with E-state index in [0.717, 1.165) is 19.0 Å². The van der Waals surface area contributed by atoms with Gasteiger partial charge < -0.3 is 20.9 Å². The number of nitrogens with two attached hydrogens (primary N) is 1. The Morgan fingerprint density at radius 2 is 2.03 bits per heavy atom. The Kier molecular flexibility index (Phi) is 8.74. The summed E-state index contributed by atoms with van der Waals surface area (Å²) in [5.41, 5.74) is 5.79. The first-order chi connectivity index (χ1) is 18.7. The summed E-state index contributed by atoms with van der Waals surface area (Å²) in [5.74, 6) is -1.81. The second-order valence-corrected chi connectivity index (χ2v) is 9.31. The molecule has 3 aromatic rings. The fourth-order valence-electron chi connectivity index (χ4n) is 4.31. The first kappa shape index (κ1) is 28.0. The van der Waals surface area contributed by atoms with E-state index >= 15 is 0 Å². The molecule has 0 aliphatic carbocycles. The van der Waals surface area contributed by atoms with E-state index in [-0.39, 0.29) is 18.1 Å². The number of hydrogen-bond acceptors (Lipinski definition) is 9. The van der Waals surface area contributed by atoms with Crippen molar-refractivity contribution < 1.29 is 23.4 Å². The fraction of sp³-hybridized carbons (Fsp3) is 0.346. The average Bonchev–Trinajstić information content (AvgIpc) is 3.29. The quantitative estimate of drug-likeness (QED) is 0.223. The number of carbonyl (C=O) groups excluding carboxylic acids is 1. The largest absolute Gasteiger partial charge is 0.493 e. The van der Waals surface area contributed by atoms with Gasteiger partial charge in [-0.3, -0.25) is 9.69 Å². The Hall–Kier alpha value is -4.07. The molecule has 206 valence electrons. The van der Waals surface area contributed by atoms with Gasteiger partial charge in [0.2, 0.25) is 17.3 Å². The molecule has 0 spiro atoms. The lowest BCUT2D eigenvalue weighted by Gasteiger charge is -2.25. The SMILES string of the molecule is CC(C)N(CCO)CCCOc1ccc2c(NC3=C[N+](CC(N)=O)(c4cccc(F)c4F)N=N3)ncnc2c1. The Balaban J connectivity index is 1.50. The number of aromatic nitrogens is 2. The number of quaternary nitrogens is 1. The lowest BCUT2D eigenvalue weighted by Crippen LogP contribution is -2.44. The van der Waals surface area contributed by atoms with Crippen LogP contribution in [-0.2, 0) is 4.79 Å². The molecule has 39 heavy (non-hydrogen) atoms. The smallest absolute Gasteiger partial charge is 0.276 e. The molecule has 1 unspecified atom stereocenters. The summed E-state index contributed by atoms with van der Waals surface area (Å²) in [7, 11) is 0. The number of halogens is 2. The number of hydrogen-bond donors (Lipinski definition) is 3. The van der Waals surface area contributed by atoms with E-state index in [1.54, 1.807) is 18.2 Å². The second-order valence-electron chi connectivity index (χ2n) is 9.31. The third-order valence-electron chi connectivity index (χ3n) is 6.22. The molecule has 13 heteroatoms. The summed E-state index contributed by atoms with van der Waals surface area (Å²) in [6.45, 7) is 5.76. The van der Waals surface area contributed by atoms with Crippen molar-refractivity contribution in [3.05, 3.63) is 66.4 Å². The van der Waals surface area contributed by atoms with Crippen LogP contribution in [-0.4, -0.2) is 64.8 Å². The molecule has 1 amide bonds. The van der Waals surface area contributed by atoms with Gasteiger partial charge in [-0.1, -0.05) is 11.2 Å². The molecule has 4 rings (SSSR count). The van der Waals surface area contributed by atoms with Crippen LogP contribution in [0.15, 0.2) is 65.1 Å². The van der Waals surface area contributed by atoms with Gasteiger partial charge in [0.05, 0.1) is 18.7 Å². The monoisotopic (exact) mass is 541 g/mol. The molecule has 0 saturated carbocycles. The van der Waals surface area contributed by atoms with Gasteiger partial charge in [0, 0.05) is 41.9 Å². The van der Waals surface area contributed by atoms with Crippen LogP contribution < -0.4 is 20.4 Å². The molecular formula is C26H31F2N8O3+. The number of nitrogens with zero attached hydrogens (tertiary/aromatic N) is 6. The molecule has 0 radical (unpaired) electrons. The van der Waals surface area contributed by atoms with Crippen LogP contribution in [0.5, 0.6) is 5.75 Å². The number of aliphatic hydroxyl groups is 1. The summed E-state index contributed by atoms with van der Waals surface area (Å²) in [6.07, 6.45) is 3.53. The van der Waals surface area contributed by atoms with Gasteiger partial charge in [-0.25, -0.2) is 14.4 Å². The zero-order chi connectivity index (χ0) is 28.0. The molecule has 11 nitrogen and oxygen atoms in total. The van der Waals surface area contributed by atoms with Crippen LogP contribution in [0.1, 0.15) is 20.3 Å². The zero-order valence-corrected chi connectivity index (χ0v) is 21.7. The Bertz CT molecular complexity index is 1400. The molecule has 0 bridgehead atoms. The number of ether oxygens (including phenoxy) is 1. The second kappa shape index (κ2) is 12.2. The van der Waals surface area contributed by atoms with Gasteiger partial charge in [0.25, 0.3) is 5.91 Å². The van der Waals surface area contributed by atoms with Crippen molar-refractivity contribution in [2.45, 2.75) is 26.3 Å². The first-order valence-electron chi connectivity index (χ1n) is 12.5. The molecule has 1 aliphatic heterocycles. The summed E-state index contributed by atoms with van der Waals surface area (Å²) >= 11 is 0. The van der Waals surface area contributed by atoms with Gasteiger partial charge in [0.1, 0.15) is 17.9 Å². The summed E-state index contributed by atoms with van der Waals surface area (Å²) in [4.78, 5) is 22.6. The number of fused-ring (bicyclic) bond motifs is 1. The molecule has 0 saturated heterocycles. The molecule has 1 aliphatic rings. The van der Waals surface area contributed by atoms with E-state index in [9.17, 15) is 18.7 Å². The van der Waals surface area contributed by atoms with Crippen molar-refractivity contribution >= 4 is 28.3 Å². The predicted molar refractivity (Wildman–Crippen MR) is 142 cm³/mol. The van der Waals surface area contributed by atoms with Crippen molar-refractivity contribution in [3.8, 4) is 5.75 Å². The zero-order valence-electron chi connectivity index (χ0n) is 21.7. The van der Waals surface area contributed by atoms with E-state index in [1.165, 1.54) is 24.7 Å². The molecule has 4 N–H and O–H groups in total. The highest BCUT2D eigenvalue weighted by atomic mass is 19.2. The number of benzene rings is 2. The third-order valence-corrected chi connectivity index (χ3v) is 6.22. The lowest BCUT2D eigenvalue weighted by molar-refractivity contribution is -0.118. The maximum absolute atomic E-state index is 14.6. The number of aliphatic hydroxyl groups excluding tert-OH is 1. The highest BCUT2D eigenvalue weighted by molar-refractivity contribution is 5.90. The van der Waals surface area contributed by atoms with E-state index in [1.807, 2.05) is 0 Å². The summed E-state index contributed by atoms with van der Waals surface area (Å²) < 4.78 is 33.7. The van der Waals surface area contributed by atoms with Crippen molar-refractivity contribution in [3.63, 3.8) is 0 Å². The molecule has 2 heterocycles. The standard InChI is InChI=1S/C26H30F2N8O3/c1-17(2)35(10-11-37)9-4-12-39-18-7-8-19-21(13-18)30-16-31-26(19)32-24-15-36(34-33-24,14-23(29)38)22-6-3-5-20(27)25(22)28/h3,5-8,13,15-17,37H,4,9-12,14H2,1-2H3,(H2-,29,30,31,32,38)/p+1. The number of nitrogens with one attached hydrogen (secondary N) is 1. The molecule has 0 fully saturated rings. The summed E-state index contributed by atoms with van der Waals surface area (Å²) in [6, 6.07) is 9.32. The predicted octanol–water partition coefficient (Wildman–Crippen LogP) is 3.46. The minimum absolute atomic E-state index is 0.116. The maximum Gasteiger partial charge on any atom is 0.276 e. The highest BCUT2D eigenvalue weighted by Gasteiger charge is 2.40. The maximum atomic E-state index is 14.6. The van der Waals surface area contributed by atoms with Crippen LogP contribution in [0.4, 0.5) is 20.3 Å². The summed E-state index contributed by atoms with van der Waals surface area (Å²) in [5, 5.41) is 21.0. The minimum Gasteiger partial charge on any atom is -0.493 e. The van der Waals surface area contributed by atoms with E-state index < -0.39 is 28.7 Å². The molecular weight excluding hydrogens is 510 g/mol. The van der Waals surface area contributed by atoms with Gasteiger partial charge in [0.15, 0.2) is 18.6 Å². The molecule has 1 atom stereocenters. The normalized spacial score (nSPS) is 16.7. The third kappa shape index (κ3) is 6.50. The lowest BCUT2D eigenvalue weighted by atomic mass is 10.2. The van der Waals surface area contributed by atoms with Crippen molar-refractivity contribution in [2.75, 3.05) is 38.2 Å². The Labute approximate surface area is 224 Å². The number of amides is 1. The van der Waals surface area contributed by atoms with Gasteiger partial charge in [-0.15, -0.1) is 4.59 Å².